The standard InChI is InChI=1S/C24H26N2O.C18H22N2O2.C12H11BO2.C11H15ClO2.C6H14N2O2/c1-23(2)18-14-15-24(23,3)21-20(18)22(27)26(25(21)4)19-13-9-8-12-17(19)16-10-6-5-7-11-16;1-18(2,3)22-17(21)20(4)19-16-13-9-8-12-15(16)14-10-6-5-7-11-14;14-13(15)12-9-5-4-8-11(12)10-6-2-1-3-7-10;1-10(2)6-4-5-11(10,3)8(13)7(6)9(12)14;1-6(2,3)10-5(9)8(4)7/h5-13,18H,14-15H2,1-4H3;5-13,19H,1-4H3;1-9,14-15H;6-7H,4-5H2,1-3H3;7H2,1-4H3/t18-,24+;;;6-,7?,11+;/m1..1./s1. The second-order valence-electron chi connectivity index (χ2n) is 26.8. The van der Waals surface area contributed by atoms with Gasteiger partial charge in [-0.15, -0.1) is 0 Å². The minimum Gasteiger partial charge on any atom is -0.443 e. The number of ether oxygens (including phenoxy) is 2. The van der Waals surface area contributed by atoms with Crippen molar-refractivity contribution in [3.8, 4) is 39.1 Å². The van der Waals surface area contributed by atoms with Crippen LogP contribution in [0, 0.1) is 28.1 Å². The number of nitrogens with zero attached hydrogens (tertiary/aromatic N) is 4. The molecule has 0 spiro atoms. The van der Waals surface area contributed by atoms with Crippen LogP contribution >= 0.6 is 11.6 Å². The van der Waals surface area contributed by atoms with E-state index in [1.165, 1.54) is 17.8 Å². The van der Waals surface area contributed by atoms with Crippen molar-refractivity contribution in [2.75, 3.05) is 19.5 Å². The summed E-state index contributed by atoms with van der Waals surface area (Å²) in [5, 5.41) is 20.2. The normalized spacial score (nSPS) is 20.4. The van der Waals surface area contributed by atoms with Crippen LogP contribution in [0.2, 0.25) is 0 Å². The number of anilines is 1. The fourth-order valence-corrected chi connectivity index (χ4v) is 13.4. The van der Waals surface area contributed by atoms with Crippen LogP contribution in [0.5, 0.6) is 0 Å². The topological polar surface area (TPSA) is 199 Å². The monoisotopic (exact) mass is 1210 g/mol. The van der Waals surface area contributed by atoms with Gasteiger partial charge >= 0.3 is 19.3 Å². The maximum Gasteiger partial charge on any atom is 0.489 e. The zero-order valence-corrected chi connectivity index (χ0v) is 54.5. The molecule has 6 aromatic carbocycles. The Morgan fingerprint density at radius 3 is 1.51 bits per heavy atom. The maximum absolute atomic E-state index is 13.6. The van der Waals surface area contributed by atoms with Crippen LogP contribution in [0.4, 0.5) is 15.3 Å². The number of nitrogens with one attached hydrogen (secondary N) is 1. The Labute approximate surface area is 524 Å². The van der Waals surface area contributed by atoms with Gasteiger partial charge in [-0.3, -0.25) is 24.5 Å². The number of nitrogens with two attached hydrogens (primary N) is 1. The molecule has 7 aromatic rings. The van der Waals surface area contributed by atoms with Crippen LogP contribution in [0.3, 0.4) is 0 Å². The summed E-state index contributed by atoms with van der Waals surface area (Å²) in [6.45, 7) is 24.1. The molecule has 4 aliphatic rings. The largest absolute Gasteiger partial charge is 0.489 e. The van der Waals surface area contributed by atoms with Gasteiger partial charge in [0.25, 0.3) is 5.56 Å². The van der Waals surface area contributed by atoms with E-state index in [1.54, 1.807) is 40.0 Å². The molecule has 4 bridgehead atoms. The third-order valence-corrected chi connectivity index (χ3v) is 18.6. The number of hydrogen-bond acceptors (Lipinski definition) is 11. The first-order chi connectivity index (χ1) is 41.2. The fourth-order valence-electron chi connectivity index (χ4n) is 13.1. The number of amides is 2. The van der Waals surface area contributed by atoms with Crippen molar-refractivity contribution in [1.82, 2.24) is 19.4 Å². The van der Waals surface area contributed by atoms with Crippen molar-refractivity contribution in [2.45, 2.75) is 131 Å². The third-order valence-electron chi connectivity index (χ3n) is 18.4. The quantitative estimate of drug-likeness (QED) is 0.0282. The van der Waals surface area contributed by atoms with E-state index in [0.29, 0.717) is 11.4 Å². The molecule has 5 N–H and O–H groups in total. The van der Waals surface area contributed by atoms with Gasteiger partial charge in [-0.1, -0.05) is 193 Å². The first-order valence-electron chi connectivity index (χ1n) is 30.0. The smallest absolute Gasteiger partial charge is 0.443 e. The van der Waals surface area contributed by atoms with E-state index in [0.717, 1.165) is 81.0 Å². The number of carbonyl (C=O) groups excluding carboxylic acids is 4. The first kappa shape index (κ1) is 67.7. The number of hydrazine groups is 2. The van der Waals surface area contributed by atoms with Crippen LogP contribution in [0.25, 0.3) is 39.1 Å². The Balaban J connectivity index is 0.000000164. The minimum absolute atomic E-state index is 0.0633. The Morgan fingerprint density at radius 2 is 1.06 bits per heavy atom. The van der Waals surface area contributed by atoms with E-state index in [4.69, 9.17) is 26.9 Å². The van der Waals surface area contributed by atoms with E-state index in [9.17, 15) is 34.0 Å². The highest BCUT2D eigenvalue weighted by atomic mass is 35.5. The number of benzene rings is 6. The number of aromatic nitrogens is 2. The number of hydrogen-bond donors (Lipinski definition) is 4. The SMILES string of the molecule is CC1(C)[C@@H]2CC[C@@]1(C)C(=O)C2C(=O)Cl.CN(N)C(=O)OC(C)(C)C.CN(Nc1ccccc1-c1ccccc1)C(=O)OC(C)(C)C.Cn1c2c(c(=O)n1-c1ccccc1-c1ccccc1)[C@H]1CC[C@]2(C)C1(C)C.OB(O)c1ccccc1-c1ccccc1. The molecule has 11 rings (SSSR count). The maximum atomic E-state index is 13.6. The summed E-state index contributed by atoms with van der Waals surface area (Å²) in [7, 11) is 3.72. The molecule has 3 fully saturated rings. The van der Waals surface area contributed by atoms with E-state index in [2.05, 4.69) is 76.0 Å². The molecule has 4 aliphatic carbocycles. The number of para-hydroxylation sites is 2. The van der Waals surface area contributed by atoms with Gasteiger partial charge in [0.1, 0.15) is 11.2 Å². The number of rotatable bonds is 8. The molecule has 2 amide bonds. The Morgan fingerprint density at radius 1 is 0.614 bits per heavy atom. The lowest BCUT2D eigenvalue weighted by Gasteiger charge is -2.36. The van der Waals surface area contributed by atoms with Crippen LogP contribution in [0.1, 0.15) is 126 Å². The van der Waals surface area contributed by atoms with Gasteiger partial charge in [-0.25, -0.2) is 30.1 Å². The molecule has 15 nitrogen and oxygen atoms in total. The van der Waals surface area contributed by atoms with Crippen LogP contribution in [-0.4, -0.2) is 85.1 Å². The van der Waals surface area contributed by atoms with Crippen LogP contribution in [-0.2, 0) is 31.5 Å². The van der Waals surface area contributed by atoms with Crippen LogP contribution < -0.4 is 22.3 Å². The molecular weight excluding hydrogens is 1130 g/mol. The zero-order valence-electron chi connectivity index (χ0n) is 53.7. The Kier molecular flexibility index (Phi) is 20.7. The summed E-state index contributed by atoms with van der Waals surface area (Å²) in [6, 6.07) is 53.4. The number of ketones is 1. The molecule has 1 aromatic heterocycles. The molecule has 5 atom stereocenters. The summed E-state index contributed by atoms with van der Waals surface area (Å²) < 4.78 is 14.2. The van der Waals surface area contributed by atoms with Gasteiger partial charge in [0.05, 0.1) is 23.0 Å². The molecule has 88 heavy (non-hydrogen) atoms. The molecule has 0 radical (unpaired) electrons. The highest BCUT2D eigenvalue weighted by Crippen LogP contribution is 2.67. The predicted octanol–water partition coefficient (Wildman–Crippen LogP) is 13.7. The summed E-state index contributed by atoms with van der Waals surface area (Å²) >= 11 is 5.50. The lowest BCUT2D eigenvalue weighted by Crippen LogP contribution is -2.38. The number of halogens is 1. The molecule has 466 valence electrons. The molecule has 0 aliphatic heterocycles. The first-order valence-corrected chi connectivity index (χ1v) is 30.4. The van der Waals surface area contributed by atoms with Crippen molar-refractivity contribution in [2.24, 2.45) is 41.0 Å². The highest BCUT2D eigenvalue weighted by molar-refractivity contribution is 6.65. The van der Waals surface area contributed by atoms with Crippen molar-refractivity contribution in [3.63, 3.8) is 0 Å². The Bertz CT molecular complexity index is 3650. The van der Waals surface area contributed by atoms with Gasteiger partial charge in [0.2, 0.25) is 5.24 Å². The van der Waals surface area contributed by atoms with Gasteiger partial charge in [0, 0.05) is 48.7 Å². The van der Waals surface area contributed by atoms with Gasteiger partial charge < -0.3 is 19.5 Å². The summed E-state index contributed by atoms with van der Waals surface area (Å²) in [4.78, 5) is 59.7. The third kappa shape index (κ3) is 14.2. The van der Waals surface area contributed by atoms with Gasteiger partial charge in [-0.05, 0) is 141 Å². The Hall–Kier alpha value is -7.76. The predicted molar refractivity (Wildman–Crippen MR) is 353 cm³/mol. The molecule has 0 saturated heterocycles. The van der Waals surface area contributed by atoms with Gasteiger partial charge in [-0.2, -0.15) is 0 Å². The summed E-state index contributed by atoms with van der Waals surface area (Å²) in [5.74, 6) is 5.15. The molecule has 17 heteroatoms. The van der Waals surface area contributed by atoms with Crippen molar-refractivity contribution in [3.05, 3.63) is 185 Å². The van der Waals surface area contributed by atoms with E-state index in [1.807, 2.05) is 160 Å². The average Bonchev–Trinajstić information content (AvgIpc) is 1.55. The fraction of sp³-hybridized carbons (Fsp3) is 0.394. The number of Topliss-reactive ketones (excluding diaryl/α,β-unsaturated/α-hetero) is 1. The van der Waals surface area contributed by atoms with Crippen molar-refractivity contribution >= 4 is 53.1 Å². The van der Waals surface area contributed by atoms with Crippen LogP contribution in [0.15, 0.2) is 169 Å². The number of fused-ring (bicyclic) bond motifs is 7. The average molecular weight is 1220 g/mol. The lowest BCUT2D eigenvalue weighted by molar-refractivity contribution is -0.135. The number of carbonyl (C=O) groups is 4. The second kappa shape index (κ2) is 26.9. The van der Waals surface area contributed by atoms with Crippen molar-refractivity contribution in [1.29, 1.82) is 0 Å². The van der Waals surface area contributed by atoms with E-state index >= 15 is 0 Å². The van der Waals surface area contributed by atoms with Gasteiger partial charge in [0.15, 0.2) is 5.78 Å². The second-order valence-corrected chi connectivity index (χ2v) is 27.1. The summed E-state index contributed by atoms with van der Waals surface area (Å²) in [6.07, 6.45) is 3.20. The minimum atomic E-state index is -1.43. The van der Waals surface area contributed by atoms with E-state index in [-0.39, 0.29) is 38.9 Å². The zero-order chi connectivity index (χ0) is 64.9. The lowest BCUT2D eigenvalue weighted by atomic mass is 9.70. The highest BCUT2D eigenvalue weighted by Gasteiger charge is 2.67. The molecule has 3 saturated carbocycles. The molecular formula is C71H88BClN6O9. The molecule has 1 heterocycles. The van der Waals surface area contributed by atoms with E-state index < -0.39 is 41.7 Å². The molecule has 1 unspecified atom stereocenters. The summed E-state index contributed by atoms with van der Waals surface area (Å²) in [5.41, 5.74) is 12.9. The van der Waals surface area contributed by atoms with Crippen molar-refractivity contribution < 1.29 is 38.7 Å².